The second-order valence-electron chi connectivity index (χ2n) is 4.06. The van der Waals surface area contributed by atoms with Crippen LogP contribution in [0.1, 0.15) is 0 Å². The molecule has 6 nitrogen and oxygen atoms in total. The molecule has 2 aromatic carbocycles. The molecular weight excluding hydrogens is 274 g/mol. The Bertz CT molecular complexity index is 729. The van der Waals surface area contributed by atoms with Crippen LogP contribution >= 0.6 is 11.8 Å². The van der Waals surface area contributed by atoms with Crippen LogP contribution in [0.3, 0.4) is 0 Å². The molecule has 4 N–H and O–H groups in total. The molecular formula is C13H11N5OS. The standard InChI is InChI=1S/C13H11N5OS/c14-10-7-8(19)5-6-12(10)20-11-4-2-1-3-9(11)13-15-17-18-16-13/h1-7,19H,14H2,(H,15,16,17,18). The quantitative estimate of drug-likeness (QED) is 0.638. The lowest BCUT2D eigenvalue weighted by Crippen LogP contribution is -1.89. The van der Waals surface area contributed by atoms with E-state index in [9.17, 15) is 5.11 Å². The van der Waals surface area contributed by atoms with E-state index in [2.05, 4.69) is 20.6 Å². The van der Waals surface area contributed by atoms with Crippen molar-refractivity contribution in [3.63, 3.8) is 0 Å². The van der Waals surface area contributed by atoms with Gasteiger partial charge in [-0.05, 0) is 29.5 Å². The number of rotatable bonds is 3. The first-order valence-corrected chi connectivity index (χ1v) is 6.65. The molecule has 0 radical (unpaired) electrons. The van der Waals surface area contributed by atoms with Crippen LogP contribution in [-0.2, 0) is 0 Å². The summed E-state index contributed by atoms with van der Waals surface area (Å²) in [6.07, 6.45) is 0. The first-order valence-electron chi connectivity index (χ1n) is 5.83. The van der Waals surface area contributed by atoms with Crippen molar-refractivity contribution >= 4 is 17.4 Å². The van der Waals surface area contributed by atoms with Gasteiger partial charge in [-0.25, -0.2) is 0 Å². The zero-order valence-corrected chi connectivity index (χ0v) is 11.1. The number of nitrogens with two attached hydrogens (primary N) is 1. The molecule has 1 aromatic heterocycles. The number of phenolic OH excluding ortho intramolecular Hbond substituents is 1. The molecule has 3 aromatic rings. The molecule has 0 saturated carbocycles. The van der Waals surface area contributed by atoms with E-state index in [4.69, 9.17) is 5.73 Å². The van der Waals surface area contributed by atoms with E-state index < -0.39 is 0 Å². The summed E-state index contributed by atoms with van der Waals surface area (Å²) in [6.45, 7) is 0. The fourth-order valence-electron chi connectivity index (χ4n) is 1.76. The average molecular weight is 285 g/mol. The van der Waals surface area contributed by atoms with Gasteiger partial charge in [-0.15, -0.1) is 10.2 Å². The van der Waals surface area contributed by atoms with Crippen LogP contribution in [-0.4, -0.2) is 25.7 Å². The third-order valence-electron chi connectivity index (χ3n) is 2.69. The van der Waals surface area contributed by atoms with Crippen molar-refractivity contribution in [2.75, 3.05) is 5.73 Å². The number of nitrogen functional groups attached to an aromatic ring is 1. The fourth-order valence-corrected chi connectivity index (χ4v) is 2.73. The molecule has 0 aliphatic rings. The van der Waals surface area contributed by atoms with Crippen molar-refractivity contribution in [2.45, 2.75) is 9.79 Å². The molecule has 0 unspecified atom stereocenters. The Morgan fingerprint density at radius 1 is 1.10 bits per heavy atom. The average Bonchev–Trinajstić information content (AvgIpc) is 2.96. The number of aromatic nitrogens is 4. The molecule has 0 bridgehead atoms. The summed E-state index contributed by atoms with van der Waals surface area (Å²) in [7, 11) is 0. The highest BCUT2D eigenvalue weighted by molar-refractivity contribution is 7.99. The van der Waals surface area contributed by atoms with Gasteiger partial charge in [-0.2, -0.15) is 5.21 Å². The van der Waals surface area contributed by atoms with E-state index in [1.54, 1.807) is 12.1 Å². The number of hydrogen-bond donors (Lipinski definition) is 3. The van der Waals surface area contributed by atoms with E-state index in [1.165, 1.54) is 17.8 Å². The van der Waals surface area contributed by atoms with Gasteiger partial charge in [0.25, 0.3) is 0 Å². The minimum Gasteiger partial charge on any atom is -0.508 e. The number of aromatic hydroxyl groups is 1. The summed E-state index contributed by atoms with van der Waals surface area (Å²) in [5, 5.41) is 23.4. The number of benzene rings is 2. The van der Waals surface area contributed by atoms with Gasteiger partial charge in [0.2, 0.25) is 5.82 Å². The number of nitrogens with zero attached hydrogens (tertiary/aromatic N) is 3. The first-order chi connectivity index (χ1) is 9.74. The van der Waals surface area contributed by atoms with Crippen molar-refractivity contribution in [2.24, 2.45) is 0 Å². The Morgan fingerprint density at radius 3 is 2.70 bits per heavy atom. The van der Waals surface area contributed by atoms with Crippen molar-refractivity contribution in [1.82, 2.24) is 20.6 Å². The molecule has 20 heavy (non-hydrogen) atoms. The maximum atomic E-state index is 9.39. The van der Waals surface area contributed by atoms with E-state index in [1.807, 2.05) is 24.3 Å². The third kappa shape index (κ3) is 2.43. The molecule has 0 aliphatic carbocycles. The predicted octanol–water partition coefficient (Wildman–Crippen LogP) is 2.31. The number of phenols is 1. The van der Waals surface area contributed by atoms with Gasteiger partial charge in [0, 0.05) is 27.1 Å². The largest absolute Gasteiger partial charge is 0.508 e. The van der Waals surface area contributed by atoms with Gasteiger partial charge in [0.15, 0.2) is 0 Å². The van der Waals surface area contributed by atoms with Crippen LogP contribution in [0, 0.1) is 0 Å². The van der Waals surface area contributed by atoms with Crippen LogP contribution < -0.4 is 5.73 Å². The Morgan fingerprint density at radius 2 is 1.95 bits per heavy atom. The first kappa shape index (κ1) is 12.5. The minimum absolute atomic E-state index is 0.151. The lowest BCUT2D eigenvalue weighted by molar-refractivity contribution is 0.475. The zero-order chi connectivity index (χ0) is 13.9. The second-order valence-corrected chi connectivity index (χ2v) is 5.14. The number of nitrogens with one attached hydrogen (secondary N) is 1. The Hall–Kier alpha value is -2.54. The van der Waals surface area contributed by atoms with Gasteiger partial charge >= 0.3 is 0 Å². The monoisotopic (exact) mass is 285 g/mol. The summed E-state index contributed by atoms with van der Waals surface area (Å²) in [5.74, 6) is 0.684. The molecule has 0 fully saturated rings. The summed E-state index contributed by atoms with van der Waals surface area (Å²) in [6, 6.07) is 12.6. The van der Waals surface area contributed by atoms with Crippen LogP contribution in [0.5, 0.6) is 5.75 Å². The van der Waals surface area contributed by atoms with E-state index in [-0.39, 0.29) is 5.75 Å². The summed E-state index contributed by atoms with van der Waals surface area (Å²) >= 11 is 1.49. The molecule has 0 amide bonds. The molecule has 0 spiro atoms. The van der Waals surface area contributed by atoms with Crippen molar-refractivity contribution in [3.05, 3.63) is 42.5 Å². The summed E-state index contributed by atoms with van der Waals surface area (Å²) in [5.41, 5.74) is 7.31. The van der Waals surface area contributed by atoms with Crippen molar-refractivity contribution in [1.29, 1.82) is 0 Å². The number of aromatic amines is 1. The highest BCUT2D eigenvalue weighted by atomic mass is 32.2. The maximum Gasteiger partial charge on any atom is 0.205 e. The van der Waals surface area contributed by atoms with Gasteiger partial charge in [0.05, 0.1) is 0 Å². The molecule has 0 aliphatic heterocycles. The zero-order valence-electron chi connectivity index (χ0n) is 10.3. The normalized spacial score (nSPS) is 10.6. The van der Waals surface area contributed by atoms with Gasteiger partial charge < -0.3 is 10.8 Å². The summed E-state index contributed by atoms with van der Waals surface area (Å²) < 4.78 is 0. The minimum atomic E-state index is 0.151. The third-order valence-corrected chi connectivity index (χ3v) is 3.85. The van der Waals surface area contributed by atoms with E-state index in [0.29, 0.717) is 11.5 Å². The van der Waals surface area contributed by atoms with E-state index in [0.717, 1.165) is 15.4 Å². The van der Waals surface area contributed by atoms with E-state index >= 15 is 0 Å². The molecule has 3 rings (SSSR count). The highest BCUT2D eigenvalue weighted by Gasteiger charge is 2.11. The van der Waals surface area contributed by atoms with Gasteiger partial charge in [-0.3, -0.25) is 0 Å². The molecule has 100 valence electrons. The second kappa shape index (κ2) is 5.22. The number of hydrogen-bond acceptors (Lipinski definition) is 6. The maximum absolute atomic E-state index is 9.39. The molecule has 1 heterocycles. The topological polar surface area (TPSA) is 101 Å². The smallest absolute Gasteiger partial charge is 0.205 e. The predicted molar refractivity (Wildman–Crippen MR) is 76.3 cm³/mol. The Balaban J connectivity index is 1.99. The van der Waals surface area contributed by atoms with Crippen LogP contribution in [0.25, 0.3) is 11.4 Å². The van der Waals surface area contributed by atoms with Gasteiger partial charge in [-0.1, -0.05) is 23.9 Å². The lowest BCUT2D eigenvalue weighted by atomic mass is 10.2. The van der Waals surface area contributed by atoms with Gasteiger partial charge in [0.1, 0.15) is 5.75 Å². The van der Waals surface area contributed by atoms with Crippen molar-refractivity contribution < 1.29 is 5.11 Å². The number of H-pyrrole nitrogens is 1. The van der Waals surface area contributed by atoms with Crippen LogP contribution in [0.2, 0.25) is 0 Å². The molecule has 7 heteroatoms. The SMILES string of the molecule is Nc1cc(O)ccc1Sc1ccccc1-c1nn[nH]n1. The summed E-state index contributed by atoms with van der Waals surface area (Å²) in [4.78, 5) is 1.82. The Kier molecular flexibility index (Phi) is 3.26. The molecule has 0 atom stereocenters. The molecule has 0 saturated heterocycles. The Labute approximate surface area is 119 Å². The highest BCUT2D eigenvalue weighted by Crippen LogP contribution is 2.38. The fraction of sp³-hybridized carbons (Fsp3) is 0. The van der Waals surface area contributed by atoms with Crippen LogP contribution in [0.4, 0.5) is 5.69 Å². The van der Waals surface area contributed by atoms with Crippen molar-refractivity contribution in [3.8, 4) is 17.1 Å². The van der Waals surface area contributed by atoms with Crippen LogP contribution in [0.15, 0.2) is 52.3 Å². The lowest BCUT2D eigenvalue weighted by Gasteiger charge is -2.08. The number of anilines is 1. The number of tetrazole rings is 1.